The standard InChI is InChI=1S/C13H16N6/c1-3-11-10(9-18(2)17-11)8-15-13-12-4-5-16-19(12)7-6-14-13/h4-7,9H,3,8H2,1-2H3,(H,14,15). The Kier molecular flexibility index (Phi) is 2.91. The van der Waals surface area contributed by atoms with Crippen molar-refractivity contribution in [1.29, 1.82) is 0 Å². The molecule has 6 heteroatoms. The molecule has 0 aromatic carbocycles. The SMILES string of the molecule is CCc1nn(C)cc1CNc1nccn2nccc12. The van der Waals surface area contributed by atoms with Gasteiger partial charge < -0.3 is 5.32 Å². The molecule has 0 aliphatic heterocycles. The molecule has 3 rings (SSSR count). The molecule has 6 nitrogen and oxygen atoms in total. The molecule has 0 radical (unpaired) electrons. The lowest BCUT2D eigenvalue weighted by Gasteiger charge is -2.06. The Morgan fingerprint density at radius 2 is 2.21 bits per heavy atom. The van der Waals surface area contributed by atoms with E-state index in [2.05, 4.69) is 27.4 Å². The molecule has 0 atom stereocenters. The van der Waals surface area contributed by atoms with E-state index in [0.717, 1.165) is 30.0 Å². The van der Waals surface area contributed by atoms with Gasteiger partial charge in [-0.05, 0) is 12.5 Å². The first-order valence-electron chi connectivity index (χ1n) is 6.31. The van der Waals surface area contributed by atoms with Crippen LogP contribution in [0.1, 0.15) is 18.2 Å². The molecule has 3 aromatic rings. The molecule has 0 fully saturated rings. The second-order valence-corrected chi connectivity index (χ2v) is 4.42. The second-order valence-electron chi connectivity index (χ2n) is 4.42. The highest BCUT2D eigenvalue weighted by Gasteiger charge is 2.07. The van der Waals surface area contributed by atoms with Crippen LogP contribution in [0.15, 0.2) is 30.9 Å². The van der Waals surface area contributed by atoms with Gasteiger partial charge in [-0.2, -0.15) is 10.2 Å². The normalized spacial score (nSPS) is 11.1. The third-order valence-electron chi connectivity index (χ3n) is 3.10. The average Bonchev–Trinajstić information content (AvgIpc) is 3.02. The molecule has 19 heavy (non-hydrogen) atoms. The van der Waals surface area contributed by atoms with Crippen LogP contribution in [0.3, 0.4) is 0 Å². The van der Waals surface area contributed by atoms with Crippen molar-refractivity contribution in [2.24, 2.45) is 7.05 Å². The molecule has 0 amide bonds. The van der Waals surface area contributed by atoms with Crippen molar-refractivity contribution in [1.82, 2.24) is 24.4 Å². The summed E-state index contributed by atoms with van der Waals surface area (Å²) in [7, 11) is 1.94. The minimum atomic E-state index is 0.717. The molecular weight excluding hydrogens is 240 g/mol. The number of aromatic nitrogens is 5. The van der Waals surface area contributed by atoms with Gasteiger partial charge in [-0.3, -0.25) is 4.68 Å². The van der Waals surface area contributed by atoms with E-state index in [4.69, 9.17) is 0 Å². The number of rotatable bonds is 4. The van der Waals surface area contributed by atoms with E-state index >= 15 is 0 Å². The van der Waals surface area contributed by atoms with Gasteiger partial charge in [-0.15, -0.1) is 0 Å². The third-order valence-corrected chi connectivity index (χ3v) is 3.10. The fourth-order valence-corrected chi connectivity index (χ4v) is 2.20. The summed E-state index contributed by atoms with van der Waals surface area (Å²) in [5.74, 6) is 0.839. The van der Waals surface area contributed by atoms with Crippen LogP contribution in [0.5, 0.6) is 0 Å². The number of hydrogen-bond acceptors (Lipinski definition) is 4. The van der Waals surface area contributed by atoms with E-state index in [0.29, 0.717) is 0 Å². The summed E-state index contributed by atoms with van der Waals surface area (Å²) in [4.78, 5) is 4.36. The minimum Gasteiger partial charge on any atom is -0.364 e. The van der Waals surface area contributed by atoms with Crippen molar-refractivity contribution in [2.45, 2.75) is 19.9 Å². The van der Waals surface area contributed by atoms with E-state index in [1.165, 1.54) is 5.56 Å². The van der Waals surface area contributed by atoms with Crippen molar-refractivity contribution in [3.05, 3.63) is 42.1 Å². The van der Waals surface area contributed by atoms with Crippen molar-refractivity contribution in [3.63, 3.8) is 0 Å². The van der Waals surface area contributed by atoms with Gasteiger partial charge in [0.2, 0.25) is 0 Å². The Hall–Kier alpha value is -2.37. The lowest BCUT2D eigenvalue weighted by atomic mass is 10.2. The summed E-state index contributed by atoms with van der Waals surface area (Å²) in [6.45, 7) is 2.83. The summed E-state index contributed by atoms with van der Waals surface area (Å²) >= 11 is 0. The Morgan fingerprint density at radius 3 is 3.05 bits per heavy atom. The Labute approximate surface area is 111 Å². The lowest BCUT2D eigenvalue weighted by Crippen LogP contribution is -2.04. The van der Waals surface area contributed by atoms with Gasteiger partial charge in [-0.25, -0.2) is 9.50 Å². The number of hydrogen-bond donors (Lipinski definition) is 1. The maximum absolute atomic E-state index is 4.43. The first kappa shape index (κ1) is 11.7. The van der Waals surface area contributed by atoms with Crippen LogP contribution in [-0.2, 0) is 20.0 Å². The molecule has 0 saturated carbocycles. The molecule has 0 bridgehead atoms. The minimum absolute atomic E-state index is 0.717. The zero-order chi connectivity index (χ0) is 13.2. The largest absolute Gasteiger partial charge is 0.364 e. The predicted molar refractivity (Wildman–Crippen MR) is 72.9 cm³/mol. The fourth-order valence-electron chi connectivity index (χ4n) is 2.20. The molecule has 0 aliphatic carbocycles. The number of nitrogens with zero attached hydrogens (tertiary/aromatic N) is 5. The topological polar surface area (TPSA) is 60.0 Å². The average molecular weight is 256 g/mol. The highest BCUT2D eigenvalue weighted by Crippen LogP contribution is 2.15. The zero-order valence-corrected chi connectivity index (χ0v) is 11.0. The molecule has 1 N–H and O–H groups in total. The van der Waals surface area contributed by atoms with Gasteiger partial charge in [-0.1, -0.05) is 6.92 Å². The summed E-state index contributed by atoms with van der Waals surface area (Å²) in [6.07, 6.45) is 8.32. The van der Waals surface area contributed by atoms with Crippen LogP contribution < -0.4 is 5.32 Å². The Balaban J connectivity index is 1.84. The van der Waals surface area contributed by atoms with Gasteiger partial charge >= 0.3 is 0 Å². The van der Waals surface area contributed by atoms with Crippen LogP contribution in [0.2, 0.25) is 0 Å². The van der Waals surface area contributed by atoms with Crippen molar-refractivity contribution < 1.29 is 0 Å². The van der Waals surface area contributed by atoms with E-state index in [1.54, 1.807) is 16.9 Å². The lowest BCUT2D eigenvalue weighted by molar-refractivity contribution is 0.746. The van der Waals surface area contributed by atoms with Crippen molar-refractivity contribution >= 4 is 11.3 Å². The number of fused-ring (bicyclic) bond motifs is 1. The van der Waals surface area contributed by atoms with Crippen LogP contribution in [0.25, 0.3) is 5.52 Å². The Morgan fingerprint density at radius 1 is 1.32 bits per heavy atom. The second kappa shape index (κ2) is 4.72. The quantitative estimate of drug-likeness (QED) is 0.771. The highest BCUT2D eigenvalue weighted by molar-refractivity contribution is 5.66. The fraction of sp³-hybridized carbons (Fsp3) is 0.308. The molecule has 3 aromatic heterocycles. The van der Waals surface area contributed by atoms with Gasteiger partial charge in [0, 0.05) is 37.7 Å². The predicted octanol–water partition coefficient (Wildman–Crippen LogP) is 1.64. The molecule has 3 heterocycles. The smallest absolute Gasteiger partial charge is 0.152 e. The molecule has 0 aliphatic rings. The van der Waals surface area contributed by atoms with Crippen LogP contribution in [0.4, 0.5) is 5.82 Å². The molecule has 0 unspecified atom stereocenters. The monoisotopic (exact) mass is 256 g/mol. The van der Waals surface area contributed by atoms with Gasteiger partial charge in [0.05, 0.1) is 11.9 Å². The van der Waals surface area contributed by atoms with Crippen LogP contribution in [0, 0.1) is 0 Å². The van der Waals surface area contributed by atoms with Gasteiger partial charge in [0.1, 0.15) is 5.52 Å². The van der Waals surface area contributed by atoms with E-state index in [9.17, 15) is 0 Å². The number of aryl methyl sites for hydroxylation is 2. The first-order valence-corrected chi connectivity index (χ1v) is 6.31. The van der Waals surface area contributed by atoms with Crippen LogP contribution >= 0.6 is 0 Å². The summed E-state index contributed by atoms with van der Waals surface area (Å²) < 4.78 is 3.65. The highest BCUT2D eigenvalue weighted by atomic mass is 15.3. The van der Waals surface area contributed by atoms with E-state index in [1.807, 2.05) is 30.2 Å². The maximum atomic E-state index is 4.43. The summed E-state index contributed by atoms with van der Waals surface area (Å²) in [5.41, 5.74) is 3.30. The maximum Gasteiger partial charge on any atom is 0.152 e. The number of nitrogens with one attached hydrogen (secondary N) is 1. The number of anilines is 1. The molecular formula is C13H16N6. The van der Waals surface area contributed by atoms with Crippen molar-refractivity contribution in [3.8, 4) is 0 Å². The van der Waals surface area contributed by atoms with E-state index in [-0.39, 0.29) is 0 Å². The van der Waals surface area contributed by atoms with Gasteiger partial charge in [0.15, 0.2) is 5.82 Å². The molecule has 0 spiro atoms. The zero-order valence-electron chi connectivity index (χ0n) is 11.0. The first-order chi connectivity index (χ1) is 9.28. The molecule has 98 valence electrons. The summed E-state index contributed by atoms with van der Waals surface area (Å²) in [6, 6.07) is 1.94. The van der Waals surface area contributed by atoms with Crippen molar-refractivity contribution in [2.75, 3.05) is 5.32 Å². The van der Waals surface area contributed by atoms with Crippen LogP contribution in [-0.4, -0.2) is 24.4 Å². The summed E-state index contributed by atoms with van der Waals surface area (Å²) in [5, 5.41) is 12.0. The molecule has 0 saturated heterocycles. The van der Waals surface area contributed by atoms with E-state index < -0.39 is 0 Å². The van der Waals surface area contributed by atoms with Gasteiger partial charge in [0.25, 0.3) is 0 Å². The third kappa shape index (κ3) is 2.16. The Bertz CT molecular complexity index is 696.